The van der Waals surface area contributed by atoms with Crippen molar-refractivity contribution in [2.75, 3.05) is 11.1 Å². The molecule has 0 radical (unpaired) electrons. The number of anilines is 1. The van der Waals surface area contributed by atoms with Gasteiger partial charge in [-0.2, -0.15) is 0 Å². The molecular weight excluding hydrogens is 422 g/mol. The van der Waals surface area contributed by atoms with Crippen LogP contribution in [0.4, 0.5) is 5.69 Å². The molecule has 0 atom stereocenters. The monoisotopic (exact) mass is 445 g/mol. The average molecular weight is 446 g/mol. The Morgan fingerprint density at radius 1 is 1.00 bits per heavy atom. The molecule has 1 amide bonds. The van der Waals surface area contributed by atoms with E-state index in [4.69, 9.17) is 4.74 Å². The summed E-state index contributed by atoms with van der Waals surface area (Å²) in [6.45, 7) is 4.14. The molecule has 0 saturated heterocycles. The molecule has 4 rings (SSSR count). The van der Waals surface area contributed by atoms with Gasteiger partial charge in [-0.15, -0.1) is 11.8 Å². The molecule has 7 heteroatoms. The van der Waals surface area contributed by atoms with E-state index in [1.807, 2.05) is 50.2 Å². The van der Waals surface area contributed by atoms with Gasteiger partial charge in [0.05, 0.1) is 11.4 Å². The van der Waals surface area contributed by atoms with Crippen molar-refractivity contribution in [2.24, 2.45) is 0 Å². The smallest absolute Gasteiger partial charge is 0.258 e. The third-order valence-electron chi connectivity index (χ3n) is 4.78. The maximum Gasteiger partial charge on any atom is 0.258 e. The van der Waals surface area contributed by atoms with Crippen LogP contribution in [0.1, 0.15) is 16.8 Å². The van der Waals surface area contributed by atoms with Gasteiger partial charge in [-0.25, -0.2) is 4.98 Å². The van der Waals surface area contributed by atoms with Gasteiger partial charge in [0.1, 0.15) is 18.0 Å². The highest BCUT2D eigenvalue weighted by Gasteiger charge is 2.06. The van der Waals surface area contributed by atoms with Crippen molar-refractivity contribution in [3.63, 3.8) is 0 Å². The predicted molar refractivity (Wildman–Crippen MR) is 128 cm³/mol. The normalized spacial score (nSPS) is 10.8. The number of aromatic nitrogens is 2. The van der Waals surface area contributed by atoms with Crippen LogP contribution in [0.2, 0.25) is 0 Å². The van der Waals surface area contributed by atoms with E-state index in [1.165, 1.54) is 27.8 Å². The Labute approximate surface area is 190 Å². The molecule has 0 spiro atoms. The molecular formula is C25H23N3O3S. The minimum absolute atomic E-state index is 0.0691. The van der Waals surface area contributed by atoms with Crippen LogP contribution in [-0.4, -0.2) is 21.0 Å². The number of fused-ring (bicyclic) bond motifs is 1. The number of amides is 1. The number of rotatable bonds is 7. The van der Waals surface area contributed by atoms with Gasteiger partial charge in [-0.3, -0.25) is 14.0 Å². The topological polar surface area (TPSA) is 72.7 Å². The summed E-state index contributed by atoms with van der Waals surface area (Å²) >= 11 is 1.50. The molecule has 2 heterocycles. The fraction of sp³-hybridized carbons (Fsp3) is 0.160. The first-order valence-corrected chi connectivity index (χ1v) is 11.2. The summed E-state index contributed by atoms with van der Waals surface area (Å²) in [7, 11) is 0. The third kappa shape index (κ3) is 5.56. The highest BCUT2D eigenvalue weighted by Crippen LogP contribution is 2.20. The van der Waals surface area contributed by atoms with Crippen LogP contribution in [0.15, 0.2) is 82.6 Å². The fourth-order valence-electron chi connectivity index (χ4n) is 3.10. The lowest BCUT2D eigenvalue weighted by Crippen LogP contribution is -2.16. The highest BCUT2D eigenvalue weighted by molar-refractivity contribution is 8.00. The Balaban J connectivity index is 1.31. The van der Waals surface area contributed by atoms with Gasteiger partial charge in [-0.1, -0.05) is 23.8 Å². The number of carbonyl (C=O) groups excluding carboxylic acids is 1. The lowest BCUT2D eigenvalue weighted by atomic mass is 10.2. The zero-order valence-corrected chi connectivity index (χ0v) is 18.7. The predicted octanol–water partition coefficient (Wildman–Crippen LogP) is 4.62. The molecule has 0 aliphatic rings. The maximum atomic E-state index is 12.3. The molecule has 1 N–H and O–H groups in total. The Kier molecular flexibility index (Phi) is 6.56. The Morgan fingerprint density at radius 2 is 1.72 bits per heavy atom. The molecule has 162 valence electrons. The van der Waals surface area contributed by atoms with Crippen molar-refractivity contribution in [1.29, 1.82) is 0 Å². The van der Waals surface area contributed by atoms with Crippen LogP contribution in [0.5, 0.6) is 5.75 Å². The van der Waals surface area contributed by atoms with E-state index in [0.717, 1.165) is 10.5 Å². The molecule has 0 bridgehead atoms. The molecule has 4 aromatic rings. The van der Waals surface area contributed by atoms with Crippen molar-refractivity contribution >= 4 is 29.0 Å². The second-order valence-corrected chi connectivity index (χ2v) is 8.53. The molecule has 32 heavy (non-hydrogen) atoms. The van der Waals surface area contributed by atoms with Gasteiger partial charge in [0.25, 0.3) is 5.56 Å². The van der Waals surface area contributed by atoms with E-state index in [1.54, 1.807) is 30.5 Å². The summed E-state index contributed by atoms with van der Waals surface area (Å²) in [4.78, 5) is 30.0. The van der Waals surface area contributed by atoms with E-state index in [-0.39, 0.29) is 18.1 Å². The van der Waals surface area contributed by atoms with Crippen molar-refractivity contribution in [2.45, 2.75) is 25.3 Å². The van der Waals surface area contributed by atoms with Crippen LogP contribution < -0.4 is 15.6 Å². The minimum Gasteiger partial charge on any atom is -0.487 e. The Hall–Kier alpha value is -3.58. The summed E-state index contributed by atoms with van der Waals surface area (Å²) in [5.74, 6) is 0.896. The van der Waals surface area contributed by atoms with Crippen molar-refractivity contribution in [3.05, 3.63) is 100 Å². The molecule has 2 aromatic heterocycles. The second kappa shape index (κ2) is 9.70. The zero-order chi connectivity index (χ0) is 22.5. The van der Waals surface area contributed by atoms with Crippen molar-refractivity contribution < 1.29 is 9.53 Å². The molecule has 0 unspecified atom stereocenters. The van der Waals surface area contributed by atoms with Crippen LogP contribution >= 0.6 is 11.8 Å². The standard InChI is InChI=1S/C25H23N3O3S/c1-17-3-10-22(11-4-17)32-16-24(29)27-19-6-8-21(9-7-19)31-15-20-13-25(30)28-14-18(2)5-12-23(28)26-20/h3-14H,15-16H2,1-2H3,(H,27,29). The number of nitrogens with one attached hydrogen (secondary N) is 1. The number of hydrogen-bond donors (Lipinski definition) is 1. The van der Waals surface area contributed by atoms with Crippen molar-refractivity contribution in [3.8, 4) is 5.75 Å². The first-order chi connectivity index (χ1) is 15.5. The molecule has 2 aromatic carbocycles. The highest BCUT2D eigenvalue weighted by atomic mass is 32.2. The molecule has 0 fully saturated rings. The number of hydrogen-bond acceptors (Lipinski definition) is 5. The van der Waals surface area contributed by atoms with Gasteiger partial charge in [0, 0.05) is 22.8 Å². The van der Waals surface area contributed by atoms with Crippen LogP contribution in [-0.2, 0) is 11.4 Å². The van der Waals surface area contributed by atoms with E-state index >= 15 is 0 Å². The zero-order valence-electron chi connectivity index (χ0n) is 17.9. The second-order valence-electron chi connectivity index (χ2n) is 7.48. The first kappa shape index (κ1) is 21.6. The lowest BCUT2D eigenvalue weighted by Gasteiger charge is -2.09. The lowest BCUT2D eigenvalue weighted by molar-refractivity contribution is -0.113. The van der Waals surface area contributed by atoms with Gasteiger partial charge in [0.15, 0.2) is 0 Å². The first-order valence-electron chi connectivity index (χ1n) is 10.2. The van der Waals surface area contributed by atoms with Crippen molar-refractivity contribution in [1.82, 2.24) is 9.38 Å². The largest absolute Gasteiger partial charge is 0.487 e. The molecule has 0 saturated carbocycles. The van der Waals surface area contributed by atoms with Crippen LogP contribution in [0, 0.1) is 13.8 Å². The Morgan fingerprint density at radius 3 is 2.47 bits per heavy atom. The number of aryl methyl sites for hydroxylation is 2. The van der Waals surface area contributed by atoms with Gasteiger partial charge in [0.2, 0.25) is 5.91 Å². The number of carbonyl (C=O) groups is 1. The molecule has 6 nitrogen and oxygen atoms in total. The quantitative estimate of drug-likeness (QED) is 0.420. The average Bonchev–Trinajstić information content (AvgIpc) is 2.79. The summed E-state index contributed by atoms with van der Waals surface area (Å²) in [6.07, 6.45) is 1.77. The van der Waals surface area contributed by atoms with E-state index in [9.17, 15) is 9.59 Å². The summed E-state index contributed by atoms with van der Waals surface area (Å²) in [5, 5.41) is 2.88. The van der Waals surface area contributed by atoms with Gasteiger partial charge >= 0.3 is 0 Å². The Bertz CT molecular complexity index is 1300. The SMILES string of the molecule is Cc1ccc(SCC(=O)Nc2ccc(OCc3cc(=O)n4cc(C)ccc4n3)cc2)cc1. The molecule has 0 aliphatic carbocycles. The summed E-state index contributed by atoms with van der Waals surface area (Å²) < 4.78 is 7.29. The van der Waals surface area contributed by atoms with Gasteiger partial charge in [-0.05, 0) is 61.9 Å². The fourth-order valence-corrected chi connectivity index (χ4v) is 3.80. The number of thioether (sulfide) groups is 1. The summed E-state index contributed by atoms with van der Waals surface area (Å²) in [6, 6.07) is 20.4. The minimum atomic E-state index is -0.140. The van der Waals surface area contributed by atoms with Gasteiger partial charge < -0.3 is 10.1 Å². The van der Waals surface area contributed by atoms with E-state index in [0.29, 0.717) is 28.5 Å². The summed E-state index contributed by atoms with van der Waals surface area (Å²) in [5.41, 5.74) is 3.89. The van der Waals surface area contributed by atoms with E-state index < -0.39 is 0 Å². The molecule has 0 aliphatic heterocycles. The van der Waals surface area contributed by atoms with E-state index in [2.05, 4.69) is 10.3 Å². The van der Waals surface area contributed by atoms with Crippen LogP contribution in [0.25, 0.3) is 5.65 Å². The van der Waals surface area contributed by atoms with Crippen LogP contribution in [0.3, 0.4) is 0 Å². The number of pyridine rings is 1. The number of ether oxygens (including phenoxy) is 1. The number of benzene rings is 2. The third-order valence-corrected chi connectivity index (χ3v) is 5.79. The number of nitrogens with zero attached hydrogens (tertiary/aromatic N) is 2. The maximum absolute atomic E-state index is 12.3.